The summed E-state index contributed by atoms with van der Waals surface area (Å²) in [5.41, 5.74) is 6.46. The third-order valence-corrected chi connectivity index (χ3v) is 5.86. The first-order valence-corrected chi connectivity index (χ1v) is 9.10. The number of thiophene rings is 1. The van der Waals surface area contributed by atoms with Gasteiger partial charge in [0.1, 0.15) is 0 Å². The molecule has 1 aromatic rings. The van der Waals surface area contributed by atoms with Crippen molar-refractivity contribution in [3.8, 4) is 0 Å². The van der Waals surface area contributed by atoms with Crippen molar-refractivity contribution in [1.29, 1.82) is 0 Å². The Balaban J connectivity index is 2.29. The van der Waals surface area contributed by atoms with Crippen molar-refractivity contribution in [2.75, 3.05) is 13.2 Å². The first kappa shape index (κ1) is 16.4. The summed E-state index contributed by atoms with van der Waals surface area (Å²) in [6, 6.07) is 3.15. The van der Waals surface area contributed by atoms with Crippen molar-refractivity contribution >= 4 is 27.3 Å². The van der Waals surface area contributed by atoms with Crippen LogP contribution in [-0.2, 0) is 4.74 Å². The normalized spacial score (nSPS) is 27.4. The molecule has 2 N–H and O–H groups in total. The van der Waals surface area contributed by atoms with Crippen LogP contribution in [0, 0.1) is 0 Å². The van der Waals surface area contributed by atoms with E-state index in [4.69, 9.17) is 10.5 Å². The largest absolute Gasteiger partial charge is 0.376 e. The molecule has 114 valence electrons. The maximum Gasteiger partial charge on any atom is 0.0675 e. The van der Waals surface area contributed by atoms with Gasteiger partial charge in [0.25, 0.3) is 0 Å². The van der Waals surface area contributed by atoms with Gasteiger partial charge in [-0.15, -0.1) is 11.3 Å². The molecule has 4 unspecified atom stereocenters. The van der Waals surface area contributed by atoms with E-state index in [0.717, 1.165) is 30.5 Å². The predicted molar refractivity (Wildman–Crippen MR) is 89.2 cm³/mol. The Hall–Kier alpha value is 0.0600. The van der Waals surface area contributed by atoms with E-state index in [2.05, 4.69) is 53.0 Å². The minimum atomic E-state index is 0.167. The molecule has 1 aliphatic rings. The Morgan fingerprint density at radius 3 is 2.85 bits per heavy atom. The standard InChI is InChI=1S/C15H25BrN2OS/c1-4-12-8-19-10(3)7-18(12)15(13(17)5-2)14-6-11(16)9-20-14/h6,9-10,12-13,15H,4-5,7-8,17H2,1-3H3. The molecule has 0 bridgehead atoms. The SMILES string of the molecule is CCC(N)C(c1cc(Br)cs1)N1CC(C)OCC1CC. The van der Waals surface area contributed by atoms with Crippen molar-refractivity contribution in [3.63, 3.8) is 0 Å². The van der Waals surface area contributed by atoms with Gasteiger partial charge in [-0.2, -0.15) is 0 Å². The van der Waals surface area contributed by atoms with Crippen LogP contribution < -0.4 is 5.73 Å². The maximum absolute atomic E-state index is 6.46. The molecule has 0 saturated carbocycles. The second-order valence-corrected chi connectivity index (χ2v) is 7.45. The molecule has 0 spiro atoms. The van der Waals surface area contributed by atoms with Gasteiger partial charge in [0, 0.05) is 33.4 Å². The summed E-state index contributed by atoms with van der Waals surface area (Å²) >= 11 is 5.37. The number of nitrogens with two attached hydrogens (primary N) is 1. The van der Waals surface area contributed by atoms with Gasteiger partial charge in [-0.3, -0.25) is 4.90 Å². The predicted octanol–water partition coefficient (Wildman–Crippen LogP) is 3.79. The van der Waals surface area contributed by atoms with Crippen LogP contribution in [0.1, 0.15) is 44.5 Å². The molecule has 2 rings (SSSR count). The van der Waals surface area contributed by atoms with E-state index in [0.29, 0.717) is 12.1 Å². The molecule has 0 radical (unpaired) electrons. The van der Waals surface area contributed by atoms with E-state index in [1.165, 1.54) is 4.88 Å². The fraction of sp³-hybridized carbons (Fsp3) is 0.733. The number of morpholine rings is 1. The zero-order valence-electron chi connectivity index (χ0n) is 12.5. The van der Waals surface area contributed by atoms with Gasteiger partial charge in [-0.1, -0.05) is 13.8 Å². The lowest BCUT2D eigenvalue weighted by atomic mass is 9.98. The number of nitrogens with zero attached hydrogens (tertiary/aromatic N) is 1. The topological polar surface area (TPSA) is 38.5 Å². The van der Waals surface area contributed by atoms with Crippen LogP contribution in [0.5, 0.6) is 0 Å². The molecule has 0 amide bonds. The quantitative estimate of drug-likeness (QED) is 0.867. The van der Waals surface area contributed by atoms with Crippen LogP contribution in [0.25, 0.3) is 0 Å². The smallest absolute Gasteiger partial charge is 0.0675 e. The van der Waals surface area contributed by atoms with E-state index < -0.39 is 0 Å². The molecule has 1 saturated heterocycles. The lowest BCUT2D eigenvalue weighted by Crippen LogP contribution is -2.53. The third kappa shape index (κ3) is 3.63. The Morgan fingerprint density at radius 2 is 2.30 bits per heavy atom. The Kier molecular flexibility index (Phi) is 6.05. The Labute approximate surface area is 134 Å². The average molecular weight is 361 g/mol. The molecule has 1 aromatic heterocycles. The fourth-order valence-corrected chi connectivity index (χ4v) is 4.53. The first-order chi connectivity index (χ1) is 9.56. The number of rotatable bonds is 5. The fourth-order valence-electron chi connectivity index (χ4n) is 2.89. The summed E-state index contributed by atoms with van der Waals surface area (Å²) in [6.07, 6.45) is 2.38. The van der Waals surface area contributed by atoms with Gasteiger partial charge < -0.3 is 10.5 Å². The van der Waals surface area contributed by atoms with E-state index in [9.17, 15) is 0 Å². The number of hydrogen-bond donors (Lipinski definition) is 1. The van der Waals surface area contributed by atoms with E-state index in [-0.39, 0.29) is 12.1 Å². The van der Waals surface area contributed by atoms with Crippen LogP contribution >= 0.6 is 27.3 Å². The summed E-state index contributed by atoms with van der Waals surface area (Å²) in [6.45, 7) is 8.34. The summed E-state index contributed by atoms with van der Waals surface area (Å²) in [4.78, 5) is 3.93. The third-order valence-electron chi connectivity index (χ3n) is 4.09. The van der Waals surface area contributed by atoms with Gasteiger partial charge in [-0.05, 0) is 41.8 Å². The molecular weight excluding hydrogens is 336 g/mol. The monoisotopic (exact) mass is 360 g/mol. The van der Waals surface area contributed by atoms with Crippen molar-refractivity contribution < 1.29 is 4.74 Å². The molecule has 3 nitrogen and oxygen atoms in total. The second kappa shape index (κ2) is 7.36. The lowest BCUT2D eigenvalue weighted by molar-refractivity contribution is -0.0766. The summed E-state index contributed by atoms with van der Waals surface area (Å²) in [7, 11) is 0. The first-order valence-electron chi connectivity index (χ1n) is 7.43. The minimum absolute atomic E-state index is 0.167. The van der Waals surface area contributed by atoms with Gasteiger partial charge in [0.2, 0.25) is 0 Å². The van der Waals surface area contributed by atoms with Gasteiger partial charge in [-0.25, -0.2) is 0 Å². The minimum Gasteiger partial charge on any atom is -0.376 e. The Bertz CT molecular complexity index is 426. The van der Waals surface area contributed by atoms with Crippen LogP contribution in [0.3, 0.4) is 0 Å². The highest BCUT2D eigenvalue weighted by Crippen LogP contribution is 2.35. The van der Waals surface area contributed by atoms with E-state index >= 15 is 0 Å². The number of hydrogen-bond acceptors (Lipinski definition) is 4. The van der Waals surface area contributed by atoms with Gasteiger partial charge in [0.15, 0.2) is 0 Å². The van der Waals surface area contributed by atoms with Crippen molar-refractivity contribution in [2.45, 2.75) is 57.8 Å². The van der Waals surface area contributed by atoms with Crippen molar-refractivity contribution in [3.05, 3.63) is 20.8 Å². The van der Waals surface area contributed by atoms with Gasteiger partial charge in [0.05, 0.1) is 18.8 Å². The molecule has 1 aliphatic heterocycles. The van der Waals surface area contributed by atoms with Crippen LogP contribution in [-0.4, -0.2) is 36.2 Å². The Morgan fingerprint density at radius 1 is 1.55 bits per heavy atom. The number of halogens is 1. The van der Waals surface area contributed by atoms with E-state index in [1.807, 2.05) is 0 Å². The van der Waals surface area contributed by atoms with Crippen LogP contribution in [0.4, 0.5) is 0 Å². The second-order valence-electron chi connectivity index (χ2n) is 5.59. The average Bonchev–Trinajstić information content (AvgIpc) is 2.85. The molecule has 2 heterocycles. The van der Waals surface area contributed by atoms with Crippen molar-refractivity contribution in [2.24, 2.45) is 5.73 Å². The lowest BCUT2D eigenvalue weighted by Gasteiger charge is -2.44. The van der Waals surface area contributed by atoms with Crippen LogP contribution in [0.15, 0.2) is 15.9 Å². The molecule has 1 fully saturated rings. The zero-order chi connectivity index (χ0) is 14.7. The highest BCUT2D eigenvalue weighted by Gasteiger charge is 2.35. The molecular formula is C15H25BrN2OS. The summed E-state index contributed by atoms with van der Waals surface area (Å²) in [5.74, 6) is 0. The van der Waals surface area contributed by atoms with E-state index in [1.54, 1.807) is 11.3 Å². The molecule has 0 aliphatic carbocycles. The molecule has 20 heavy (non-hydrogen) atoms. The zero-order valence-corrected chi connectivity index (χ0v) is 14.9. The summed E-state index contributed by atoms with van der Waals surface area (Å²) < 4.78 is 6.98. The van der Waals surface area contributed by atoms with Crippen molar-refractivity contribution in [1.82, 2.24) is 4.90 Å². The molecule has 0 aromatic carbocycles. The number of ether oxygens (including phenoxy) is 1. The van der Waals surface area contributed by atoms with Crippen LogP contribution in [0.2, 0.25) is 0 Å². The highest BCUT2D eigenvalue weighted by molar-refractivity contribution is 9.10. The van der Waals surface area contributed by atoms with Gasteiger partial charge >= 0.3 is 0 Å². The summed E-state index contributed by atoms with van der Waals surface area (Å²) in [5, 5.41) is 2.15. The molecule has 4 atom stereocenters. The molecule has 5 heteroatoms. The highest BCUT2D eigenvalue weighted by atomic mass is 79.9. The maximum atomic E-state index is 6.46.